The van der Waals surface area contributed by atoms with Gasteiger partial charge >= 0.3 is 0 Å². The first-order valence-electron chi connectivity index (χ1n) is 9.35. The summed E-state index contributed by atoms with van der Waals surface area (Å²) in [5.74, 6) is 2.15. The molecule has 3 aliphatic rings. The number of hydrogen-bond donors (Lipinski definition) is 1. The minimum Gasteiger partial charge on any atom is -0.312 e. The average Bonchev–Trinajstić information content (AvgIpc) is 3.34. The van der Waals surface area contributed by atoms with Crippen LogP contribution in [0.1, 0.15) is 56.6 Å². The fourth-order valence-electron chi connectivity index (χ4n) is 3.89. The lowest BCUT2D eigenvalue weighted by atomic mass is 10.0. The lowest BCUT2D eigenvalue weighted by molar-refractivity contribution is -0.129. The van der Waals surface area contributed by atoms with E-state index in [1.54, 1.807) is 0 Å². The van der Waals surface area contributed by atoms with Gasteiger partial charge in [-0.1, -0.05) is 6.08 Å². The highest BCUT2D eigenvalue weighted by Gasteiger charge is 2.35. The number of nitrogens with zero attached hydrogens (tertiary/aromatic N) is 4. The second-order valence-corrected chi connectivity index (χ2v) is 7.31. The Labute approximate surface area is 143 Å². The zero-order chi connectivity index (χ0) is 16.5. The van der Waals surface area contributed by atoms with Crippen molar-refractivity contribution in [3.8, 4) is 0 Å². The Morgan fingerprint density at radius 2 is 2.21 bits per heavy atom. The summed E-state index contributed by atoms with van der Waals surface area (Å²) in [6.45, 7) is 3.18. The number of allylic oxidation sites excluding steroid dienone is 2. The van der Waals surface area contributed by atoms with E-state index in [1.165, 1.54) is 18.5 Å². The van der Waals surface area contributed by atoms with Gasteiger partial charge in [-0.2, -0.15) is 5.10 Å². The third-order valence-corrected chi connectivity index (χ3v) is 5.26. The van der Waals surface area contributed by atoms with E-state index >= 15 is 0 Å². The molecular formula is C18H27N5O. The Kier molecular flexibility index (Phi) is 4.39. The summed E-state index contributed by atoms with van der Waals surface area (Å²) in [7, 11) is 0. The minimum absolute atomic E-state index is 0.242. The molecule has 130 valence electrons. The van der Waals surface area contributed by atoms with Crippen LogP contribution in [0.5, 0.6) is 0 Å². The molecule has 0 spiro atoms. The van der Waals surface area contributed by atoms with Crippen molar-refractivity contribution in [1.82, 2.24) is 25.0 Å². The number of carbonyl (C=O) groups is 1. The summed E-state index contributed by atoms with van der Waals surface area (Å²) in [4.78, 5) is 19.3. The first-order chi connectivity index (χ1) is 11.7. The van der Waals surface area contributed by atoms with Gasteiger partial charge in [0.15, 0.2) is 0 Å². The Balaban J connectivity index is 1.35. The van der Waals surface area contributed by atoms with Gasteiger partial charge in [0.2, 0.25) is 5.91 Å². The van der Waals surface area contributed by atoms with Crippen molar-refractivity contribution in [3.05, 3.63) is 23.4 Å². The Morgan fingerprint density at radius 1 is 1.33 bits per heavy atom. The van der Waals surface area contributed by atoms with E-state index in [0.29, 0.717) is 18.6 Å². The molecule has 0 bridgehead atoms. The summed E-state index contributed by atoms with van der Waals surface area (Å²) >= 11 is 0. The van der Waals surface area contributed by atoms with Crippen molar-refractivity contribution in [2.75, 3.05) is 6.54 Å². The number of nitrogens with one attached hydrogen (secondary N) is 1. The molecule has 0 unspecified atom stereocenters. The second-order valence-electron chi connectivity index (χ2n) is 7.31. The molecule has 24 heavy (non-hydrogen) atoms. The van der Waals surface area contributed by atoms with E-state index in [1.807, 2.05) is 11.6 Å². The maximum absolute atomic E-state index is 12.8. The van der Waals surface area contributed by atoms with Crippen LogP contribution in [0.3, 0.4) is 0 Å². The highest BCUT2D eigenvalue weighted by atomic mass is 16.2. The van der Waals surface area contributed by atoms with E-state index < -0.39 is 0 Å². The number of carbonyl (C=O) groups excluding carboxylic acids is 1. The quantitative estimate of drug-likeness (QED) is 0.897. The van der Waals surface area contributed by atoms with Gasteiger partial charge in [0.1, 0.15) is 11.6 Å². The monoisotopic (exact) mass is 329 g/mol. The average molecular weight is 329 g/mol. The molecule has 0 aromatic carbocycles. The van der Waals surface area contributed by atoms with Gasteiger partial charge in [0.25, 0.3) is 0 Å². The first-order valence-corrected chi connectivity index (χ1v) is 9.35. The Morgan fingerprint density at radius 3 is 2.96 bits per heavy atom. The maximum Gasteiger partial charge on any atom is 0.240 e. The number of aryl methyl sites for hydroxylation is 2. The maximum atomic E-state index is 12.8. The smallest absolute Gasteiger partial charge is 0.240 e. The Hall–Kier alpha value is -1.69. The van der Waals surface area contributed by atoms with Gasteiger partial charge in [-0.05, 0) is 51.9 Å². The van der Waals surface area contributed by atoms with Crippen LogP contribution in [0.25, 0.3) is 0 Å². The predicted octanol–water partition coefficient (Wildman–Crippen LogP) is 1.94. The molecule has 6 heteroatoms. The van der Waals surface area contributed by atoms with Crippen LogP contribution in [-0.2, 0) is 17.8 Å². The zero-order valence-electron chi connectivity index (χ0n) is 14.5. The number of rotatable bonds is 5. The van der Waals surface area contributed by atoms with E-state index in [4.69, 9.17) is 0 Å². The SMILES string of the molecule is Cc1nc2n(n1)C[C@H](NCC(=O)N(C1=CCCCC1)C1CC1)CC2. The molecule has 1 aromatic rings. The van der Waals surface area contributed by atoms with Crippen LogP contribution in [0.15, 0.2) is 11.8 Å². The van der Waals surface area contributed by atoms with Crippen molar-refractivity contribution in [1.29, 1.82) is 0 Å². The minimum atomic E-state index is 0.242. The van der Waals surface area contributed by atoms with Crippen molar-refractivity contribution < 1.29 is 4.79 Å². The summed E-state index contributed by atoms with van der Waals surface area (Å²) in [6, 6.07) is 0.767. The van der Waals surface area contributed by atoms with Gasteiger partial charge < -0.3 is 10.2 Å². The van der Waals surface area contributed by atoms with Crippen LogP contribution >= 0.6 is 0 Å². The zero-order valence-corrected chi connectivity index (χ0v) is 14.5. The fraction of sp³-hybridized carbons (Fsp3) is 0.722. The van der Waals surface area contributed by atoms with Gasteiger partial charge in [0.05, 0.1) is 13.1 Å². The van der Waals surface area contributed by atoms with Crippen LogP contribution < -0.4 is 5.32 Å². The molecule has 1 N–H and O–H groups in total. The molecular weight excluding hydrogens is 302 g/mol. The third kappa shape index (κ3) is 3.38. The number of fused-ring (bicyclic) bond motifs is 1. The number of hydrogen-bond acceptors (Lipinski definition) is 4. The predicted molar refractivity (Wildman–Crippen MR) is 91.3 cm³/mol. The molecule has 1 atom stereocenters. The molecule has 1 fully saturated rings. The van der Waals surface area contributed by atoms with Gasteiger partial charge in [-0.25, -0.2) is 9.67 Å². The highest BCUT2D eigenvalue weighted by molar-refractivity contribution is 5.80. The summed E-state index contributed by atoms with van der Waals surface area (Å²) in [5.41, 5.74) is 1.27. The van der Waals surface area contributed by atoms with Crippen LogP contribution in [0.4, 0.5) is 0 Å². The molecule has 0 radical (unpaired) electrons. The molecule has 1 amide bonds. The molecule has 4 rings (SSSR count). The van der Waals surface area contributed by atoms with E-state index in [-0.39, 0.29) is 5.91 Å². The van der Waals surface area contributed by atoms with Crippen molar-refractivity contribution in [3.63, 3.8) is 0 Å². The van der Waals surface area contributed by atoms with Crippen molar-refractivity contribution >= 4 is 5.91 Å². The lowest BCUT2D eigenvalue weighted by Gasteiger charge is -2.29. The van der Waals surface area contributed by atoms with E-state index in [2.05, 4.69) is 26.4 Å². The largest absolute Gasteiger partial charge is 0.312 e. The van der Waals surface area contributed by atoms with Gasteiger partial charge in [-0.3, -0.25) is 4.79 Å². The van der Waals surface area contributed by atoms with Crippen molar-refractivity contribution in [2.24, 2.45) is 0 Å². The molecule has 1 aromatic heterocycles. The fourth-order valence-corrected chi connectivity index (χ4v) is 3.89. The second kappa shape index (κ2) is 6.67. The third-order valence-electron chi connectivity index (χ3n) is 5.26. The van der Waals surface area contributed by atoms with Gasteiger partial charge in [0, 0.05) is 24.2 Å². The number of amides is 1. The molecule has 2 heterocycles. The molecule has 0 saturated heterocycles. The first kappa shape index (κ1) is 15.8. The normalized spacial score (nSPS) is 23.5. The topological polar surface area (TPSA) is 63.1 Å². The van der Waals surface area contributed by atoms with Crippen molar-refractivity contribution in [2.45, 2.75) is 76.9 Å². The summed E-state index contributed by atoms with van der Waals surface area (Å²) in [5, 5.41) is 7.90. The lowest BCUT2D eigenvalue weighted by Crippen LogP contribution is -2.45. The summed E-state index contributed by atoms with van der Waals surface area (Å²) in [6.07, 6.45) is 11.2. The van der Waals surface area contributed by atoms with E-state index in [9.17, 15) is 4.79 Å². The number of aromatic nitrogens is 3. The standard InChI is InChI=1S/C18H27N5O/c1-13-20-17-10-7-14(12-22(17)21-13)19-11-18(24)23(16-8-9-16)15-5-3-2-4-6-15/h5,14,16,19H,2-4,6-12H2,1H3/t14-/m1/s1. The molecule has 2 aliphatic carbocycles. The Bertz CT molecular complexity index is 646. The van der Waals surface area contributed by atoms with Gasteiger partial charge in [-0.15, -0.1) is 0 Å². The van der Waals surface area contributed by atoms with Crippen LogP contribution in [0, 0.1) is 6.92 Å². The molecule has 1 aliphatic heterocycles. The molecule has 1 saturated carbocycles. The molecule has 6 nitrogen and oxygen atoms in total. The van der Waals surface area contributed by atoms with Crippen LogP contribution in [-0.4, -0.2) is 44.2 Å². The van der Waals surface area contributed by atoms with E-state index in [0.717, 1.165) is 56.7 Å². The highest BCUT2D eigenvalue weighted by Crippen LogP contribution is 2.33. The summed E-state index contributed by atoms with van der Waals surface area (Å²) < 4.78 is 1.99. The van der Waals surface area contributed by atoms with Crippen LogP contribution in [0.2, 0.25) is 0 Å².